The van der Waals surface area contributed by atoms with E-state index in [0.717, 1.165) is 13.1 Å². The van der Waals surface area contributed by atoms with Crippen LogP contribution in [-0.2, 0) is 0 Å². The first-order chi connectivity index (χ1) is 7.83. The van der Waals surface area contributed by atoms with Gasteiger partial charge in [0.25, 0.3) is 0 Å². The highest BCUT2D eigenvalue weighted by Crippen LogP contribution is 2.17. The minimum atomic E-state index is 1.09. The van der Waals surface area contributed by atoms with Gasteiger partial charge in [-0.3, -0.25) is 0 Å². The van der Waals surface area contributed by atoms with Crippen LogP contribution in [0.3, 0.4) is 0 Å². The van der Waals surface area contributed by atoms with Gasteiger partial charge >= 0.3 is 0 Å². The van der Waals surface area contributed by atoms with Crippen molar-refractivity contribution in [2.24, 2.45) is 0 Å². The zero-order chi connectivity index (χ0) is 11.8. The van der Waals surface area contributed by atoms with Crippen molar-refractivity contribution < 1.29 is 0 Å². The number of allylic oxidation sites excluding steroid dienone is 3. The molecule has 0 aromatic heterocycles. The van der Waals surface area contributed by atoms with Gasteiger partial charge in [0.05, 0.1) is 0 Å². The number of rotatable bonds is 5. The summed E-state index contributed by atoms with van der Waals surface area (Å²) >= 11 is 0. The lowest BCUT2D eigenvalue weighted by Crippen LogP contribution is -2.38. The highest BCUT2D eigenvalue weighted by atomic mass is 15.3. The van der Waals surface area contributed by atoms with Gasteiger partial charge in [0.2, 0.25) is 0 Å². The molecule has 0 bridgehead atoms. The molecule has 0 aromatic carbocycles. The van der Waals surface area contributed by atoms with Gasteiger partial charge in [-0.1, -0.05) is 12.2 Å². The van der Waals surface area contributed by atoms with E-state index in [1.165, 1.54) is 38.2 Å². The lowest BCUT2D eigenvalue weighted by molar-refractivity contribution is 0.194. The van der Waals surface area contributed by atoms with Crippen LogP contribution >= 0.6 is 0 Å². The summed E-state index contributed by atoms with van der Waals surface area (Å²) in [6.45, 7) is 11.2. The molecule has 0 radical (unpaired) electrons. The predicted octanol–water partition coefficient (Wildman–Crippen LogP) is 3.23. The highest BCUT2D eigenvalue weighted by Gasteiger charge is 2.16. The first-order valence-electron chi connectivity index (χ1n) is 6.66. The molecule has 1 fully saturated rings. The van der Waals surface area contributed by atoms with E-state index in [-0.39, 0.29) is 0 Å². The van der Waals surface area contributed by atoms with Crippen LogP contribution < -0.4 is 0 Å². The van der Waals surface area contributed by atoms with E-state index in [1.54, 1.807) is 0 Å². The van der Waals surface area contributed by atoms with Gasteiger partial charge in [0.1, 0.15) is 5.82 Å². The van der Waals surface area contributed by atoms with Gasteiger partial charge in [-0.15, -0.1) is 0 Å². The van der Waals surface area contributed by atoms with Crippen molar-refractivity contribution in [2.45, 2.75) is 40.0 Å². The summed E-state index contributed by atoms with van der Waals surface area (Å²) in [6.07, 6.45) is 10.6. The van der Waals surface area contributed by atoms with Crippen molar-refractivity contribution >= 4 is 0 Å². The lowest BCUT2D eigenvalue weighted by atomic mass is 10.1. The predicted molar refractivity (Wildman–Crippen MR) is 71.2 cm³/mol. The minimum absolute atomic E-state index is 1.09. The molecule has 0 atom stereocenters. The van der Waals surface area contributed by atoms with Crippen molar-refractivity contribution in [3.63, 3.8) is 0 Å². The standard InChI is InChI=1S/C14H26N2/c1-4-7-11-14(15(5-2)6-3)16-12-9-8-10-13-16/h4,7,11H,5-6,8-10,12-13H2,1-3H3/b7-4-,14-11-. The lowest BCUT2D eigenvalue weighted by Gasteiger charge is -2.37. The molecule has 2 nitrogen and oxygen atoms in total. The number of hydrogen-bond donors (Lipinski definition) is 0. The van der Waals surface area contributed by atoms with Gasteiger partial charge in [-0.25, -0.2) is 0 Å². The van der Waals surface area contributed by atoms with E-state index >= 15 is 0 Å². The third kappa shape index (κ3) is 3.58. The van der Waals surface area contributed by atoms with Gasteiger partial charge in [0.15, 0.2) is 0 Å². The van der Waals surface area contributed by atoms with Crippen LogP contribution in [0.4, 0.5) is 0 Å². The van der Waals surface area contributed by atoms with E-state index in [1.807, 2.05) is 0 Å². The van der Waals surface area contributed by atoms with Crippen molar-refractivity contribution in [1.29, 1.82) is 0 Å². The van der Waals surface area contributed by atoms with E-state index in [2.05, 4.69) is 48.8 Å². The molecule has 0 aromatic rings. The second-order valence-electron chi connectivity index (χ2n) is 4.27. The Morgan fingerprint density at radius 2 is 1.75 bits per heavy atom. The molecule has 0 unspecified atom stereocenters. The molecule has 1 saturated heterocycles. The number of hydrogen-bond acceptors (Lipinski definition) is 2. The fourth-order valence-electron chi connectivity index (χ4n) is 2.26. The van der Waals surface area contributed by atoms with E-state index < -0.39 is 0 Å². The summed E-state index contributed by atoms with van der Waals surface area (Å²) in [7, 11) is 0. The molecule has 0 amide bonds. The molecule has 0 spiro atoms. The number of nitrogens with zero attached hydrogens (tertiary/aromatic N) is 2. The van der Waals surface area contributed by atoms with Crippen molar-refractivity contribution in [2.75, 3.05) is 26.2 Å². The average molecular weight is 222 g/mol. The Bertz CT molecular complexity index is 233. The molecule has 2 heteroatoms. The average Bonchev–Trinajstić information content (AvgIpc) is 2.35. The molecule has 0 saturated carbocycles. The van der Waals surface area contributed by atoms with Crippen LogP contribution in [0.1, 0.15) is 40.0 Å². The molecule has 1 rings (SSSR count). The Kier molecular flexibility index (Phi) is 6.05. The zero-order valence-electron chi connectivity index (χ0n) is 11.1. The van der Waals surface area contributed by atoms with Crippen LogP contribution in [-0.4, -0.2) is 36.0 Å². The second-order valence-corrected chi connectivity index (χ2v) is 4.27. The van der Waals surface area contributed by atoms with Crippen molar-refractivity contribution in [3.8, 4) is 0 Å². The molecule has 1 aliphatic heterocycles. The van der Waals surface area contributed by atoms with Crippen LogP contribution in [0.15, 0.2) is 24.0 Å². The Morgan fingerprint density at radius 3 is 2.25 bits per heavy atom. The SMILES string of the molecule is C/C=C\C=C(\N(CC)CC)N1CCCCC1. The maximum Gasteiger partial charge on any atom is 0.104 e. The Morgan fingerprint density at radius 1 is 1.12 bits per heavy atom. The van der Waals surface area contributed by atoms with E-state index in [0.29, 0.717) is 0 Å². The summed E-state index contributed by atoms with van der Waals surface area (Å²) in [5.41, 5.74) is 0. The Hall–Kier alpha value is -0.920. The largest absolute Gasteiger partial charge is 0.359 e. The summed E-state index contributed by atoms with van der Waals surface area (Å²) in [4.78, 5) is 4.99. The summed E-state index contributed by atoms with van der Waals surface area (Å²) < 4.78 is 0. The molecule has 16 heavy (non-hydrogen) atoms. The first-order valence-corrected chi connectivity index (χ1v) is 6.66. The molecule has 1 heterocycles. The van der Waals surface area contributed by atoms with E-state index in [4.69, 9.17) is 0 Å². The van der Waals surface area contributed by atoms with Crippen molar-refractivity contribution in [1.82, 2.24) is 9.80 Å². The maximum atomic E-state index is 2.54. The van der Waals surface area contributed by atoms with Gasteiger partial charge in [-0.2, -0.15) is 0 Å². The maximum absolute atomic E-state index is 2.54. The zero-order valence-corrected chi connectivity index (χ0v) is 11.1. The number of likely N-dealkylation sites (tertiary alicyclic amines) is 1. The quantitative estimate of drug-likeness (QED) is 0.659. The van der Waals surface area contributed by atoms with Crippen LogP contribution in [0.2, 0.25) is 0 Å². The first kappa shape index (κ1) is 13.1. The minimum Gasteiger partial charge on any atom is -0.359 e. The molecule has 0 N–H and O–H groups in total. The third-order valence-corrected chi connectivity index (χ3v) is 3.21. The Balaban J connectivity index is 2.76. The molecular formula is C14H26N2. The van der Waals surface area contributed by atoms with Gasteiger partial charge < -0.3 is 9.80 Å². The molecule has 0 aliphatic carbocycles. The fraction of sp³-hybridized carbons (Fsp3) is 0.714. The fourth-order valence-corrected chi connectivity index (χ4v) is 2.26. The number of piperidine rings is 1. The monoisotopic (exact) mass is 222 g/mol. The molecule has 92 valence electrons. The topological polar surface area (TPSA) is 6.48 Å². The van der Waals surface area contributed by atoms with Crippen LogP contribution in [0.5, 0.6) is 0 Å². The normalized spacial score (nSPS) is 18.2. The van der Waals surface area contributed by atoms with Gasteiger partial charge in [-0.05, 0) is 46.1 Å². The smallest absolute Gasteiger partial charge is 0.104 e. The summed E-state index contributed by atoms with van der Waals surface area (Å²) in [5.74, 6) is 1.41. The third-order valence-electron chi connectivity index (χ3n) is 3.21. The highest BCUT2D eigenvalue weighted by molar-refractivity contribution is 5.11. The Labute approximate surface area is 101 Å². The summed E-state index contributed by atoms with van der Waals surface area (Å²) in [5, 5.41) is 0. The van der Waals surface area contributed by atoms with Crippen LogP contribution in [0, 0.1) is 0 Å². The summed E-state index contributed by atoms with van der Waals surface area (Å²) in [6, 6.07) is 0. The van der Waals surface area contributed by atoms with Gasteiger partial charge in [0, 0.05) is 26.2 Å². The molecule has 1 aliphatic rings. The van der Waals surface area contributed by atoms with Crippen LogP contribution in [0.25, 0.3) is 0 Å². The van der Waals surface area contributed by atoms with Crippen molar-refractivity contribution in [3.05, 3.63) is 24.0 Å². The second kappa shape index (κ2) is 7.37. The van der Waals surface area contributed by atoms with E-state index in [9.17, 15) is 0 Å². The molecular weight excluding hydrogens is 196 g/mol.